The fraction of sp³-hybridized carbons (Fsp3) is 1.00. The highest BCUT2D eigenvalue weighted by molar-refractivity contribution is 4.86. The molecule has 1 unspecified atom stereocenters. The summed E-state index contributed by atoms with van der Waals surface area (Å²) in [6, 6.07) is 0.927. The van der Waals surface area contributed by atoms with Crippen LogP contribution in [0, 0.1) is 11.8 Å². The molecule has 3 fully saturated rings. The van der Waals surface area contributed by atoms with Crippen molar-refractivity contribution in [2.75, 3.05) is 13.6 Å². The Hall–Kier alpha value is -0.0400. The molecule has 11 heavy (non-hydrogen) atoms. The Kier molecular flexibility index (Phi) is 1.92. The predicted octanol–water partition coefficient (Wildman–Crippen LogP) is 2.13. The van der Waals surface area contributed by atoms with Gasteiger partial charge in [-0.3, -0.25) is 0 Å². The normalized spacial score (nSPS) is 45.8. The minimum absolute atomic E-state index is 0.927. The van der Waals surface area contributed by atoms with Crippen molar-refractivity contribution < 1.29 is 0 Å². The summed E-state index contributed by atoms with van der Waals surface area (Å²) in [7, 11) is 2.30. The molecule has 1 atom stereocenters. The maximum atomic E-state index is 2.58. The molecule has 0 aromatic rings. The van der Waals surface area contributed by atoms with E-state index in [0.29, 0.717) is 0 Å². The zero-order valence-electron chi connectivity index (χ0n) is 7.71. The summed E-state index contributed by atoms with van der Waals surface area (Å²) < 4.78 is 0. The van der Waals surface area contributed by atoms with E-state index >= 15 is 0 Å². The molecule has 2 heterocycles. The molecule has 0 radical (unpaired) electrons. The molecule has 1 aliphatic carbocycles. The molecule has 2 aliphatic heterocycles. The van der Waals surface area contributed by atoms with E-state index in [9.17, 15) is 0 Å². The molecule has 1 nitrogen and oxygen atoms in total. The van der Waals surface area contributed by atoms with Crippen LogP contribution in [-0.4, -0.2) is 24.5 Å². The maximum Gasteiger partial charge on any atom is 0.00925 e. The van der Waals surface area contributed by atoms with Gasteiger partial charge in [-0.05, 0) is 44.6 Å². The van der Waals surface area contributed by atoms with Crippen LogP contribution in [-0.2, 0) is 0 Å². The topological polar surface area (TPSA) is 3.24 Å². The molecule has 64 valence electrons. The van der Waals surface area contributed by atoms with E-state index < -0.39 is 0 Å². The van der Waals surface area contributed by atoms with Crippen molar-refractivity contribution in [1.29, 1.82) is 0 Å². The van der Waals surface area contributed by atoms with Crippen LogP contribution in [0.1, 0.15) is 32.6 Å². The van der Waals surface area contributed by atoms with Crippen molar-refractivity contribution in [2.24, 2.45) is 11.8 Å². The van der Waals surface area contributed by atoms with Gasteiger partial charge in [0.1, 0.15) is 0 Å². The van der Waals surface area contributed by atoms with Crippen LogP contribution >= 0.6 is 0 Å². The lowest BCUT2D eigenvalue weighted by molar-refractivity contribution is 0.224. The third kappa shape index (κ3) is 1.31. The largest absolute Gasteiger partial charge is 0.303 e. The second-order valence-electron chi connectivity index (χ2n) is 4.49. The van der Waals surface area contributed by atoms with Crippen molar-refractivity contribution in [3.05, 3.63) is 0 Å². The molecule has 0 spiro atoms. The highest BCUT2D eigenvalue weighted by Gasteiger charge is 2.32. The van der Waals surface area contributed by atoms with E-state index in [1.165, 1.54) is 32.2 Å². The van der Waals surface area contributed by atoms with Crippen molar-refractivity contribution in [1.82, 2.24) is 4.90 Å². The summed E-state index contributed by atoms with van der Waals surface area (Å²) in [5.74, 6) is 2.00. The van der Waals surface area contributed by atoms with Crippen molar-refractivity contribution >= 4 is 0 Å². The van der Waals surface area contributed by atoms with Gasteiger partial charge in [-0.2, -0.15) is 0 Å². The van der Waals surface area contributed by atoms with Gasteiger partial charge < -0.3 is 4.90 Å². The van der Waals surface area contributed by atoms with Crippen LogP contribution in [0.2, 0.25) is 0 Å². The first-order chi connectivity index (χ1) is 5.27. The summed E-state index contributed by atoms with van der Waals surface area (Å²) in [5, 5.41) is 0. The summed E-state index contributed by atoms with van der Waals surface area (Å²) in [6.07, 6.45) is 5.92. The molecule has 2 saturated heterocycles. The molecule has 0 aromatic heterocycles. The lowest BCUT2D eigenvalue weighted by Gasteiger charge is -2.27. The van der Waals surface area contributed by atoms with Gasteiger partial charge in [-0.1, -0.05) is 6.92 Å². The Balaban J connectivity index is 2.12. The minimum Gasteiger partial charge on any atom is -0.303 e. The number of hydrogen-bond acceptors (Lipinski definition) is 1. The van der Waals surface area contributed by atoms with Gasteiger partial charge in [-0.25, -0.2) is 0 Å². The maximum absolute atomic E-state index is 2.58. The molecule has 0 aromatic carbocycles. The van der Waals surface area contributed by atoms with Gasteiger partial charge in [0.2, 0.25) is 0 Å². The highest BCUT2D eigenvalue weighted by atomic mass is 15.1. The molecule has 0 N–H and O–H groups in total. The third-order valence-electron chi connectivity index (χ3n) is 3.75. The summed E-state index contributed by atoms with van der Waals surface area (Å²) in [6.45, 7) is 3.77. The van der Waals surface area contributed by atoms with Crippen LogP contribution in [0.25, 0.3) is 0 Å². The first-order valence-corrected chi connectivity index (χ1v) is 4.97. The minimum atomic E-state index is 0.927. The zero-order valence-corrected chi connectivity index (χ0v) is 7.71. The number of nitrogens with zero attached hydrogens (tertiary/aromatic N) is 1. The van der Waals surface area contributed by atoms with Crippen molar-refractivity contribution in [3.8, 4) is 0 Å². The smallest absolute Gasteiger partial charge is 0.00925 e. The third-order valence-corrected chi connectivity index (χ3v) is 3.75. The van der Waals surface area contributed by atoms with E-state index in [1.807, 2.05) is 0 Å². The molecule has 1 saturated carbocycles. The van der Waals surface area contributed by atoms with Crippen LogP contribution < -0.4 is 0 Å². The van der Waals surface area contributed by atoms with Gasteiger partial charge in [0.25, 0.3) is 0 Å². The van der Waals surface area contributed by atoms with E-state index in [2.05, 4.69) is 18.9 Å². The Bertz CT molecular complexity index is 120. The molecular formula is C10H19N. The SMILES string of the molecule is CC1CN(C)C2CCC1CC2. The first-order valence-electron chi connectivity index (χ1n) is 4.97. The molecular weight excluding hydrogens is 134 g/mol. The monoisotopic (exact) mass is 153 g/mol. The van der Waals surface area contributed by atoms with Crippen LogP contribution in [0.3, 0.4) is 0 Å². The number of rotatable bonds is 0. The van der Waals surface area contributed by atoms with E-state index in [-0.39, 0.29) is 0 Å². The molecule has 0 amide bonds. The lowest BCUT2D eigenvalue weighted by Crippen LogP contribution is -2.31. The second-order valence-corrected chi connectivity index (χ2v) is 4.49. The predicted molar refractivity (Wildman–Crippen MR) is 47.5 cm³/mol. The van der Waals surface area contributed by atoms with Gasteiger partial charge in [-0.15, -0.1) is 0 Å². The van der Waals surface area contributed by atoms with E-state index in [1.54, 1.807) is 0 Å². The average molecular weight is 153 g/mol. The quantitative estimate of drug-likeness (QED) is 0.515. The molecule has 2 bridgehead atoms. The first kappa shape index (κ1) is 7.60. The Morgan fingerprint density at radius 2 is 1.73 bits per heavy atom. The van der Waals surface area contributed by atoms with Gasteiger partial charge in [0.05, 0.1) is 0 Å². The summed E-state index contributed by atoms with van der Waals surface area (Å²) in [5.41, 5.74) is 0. The Morgan fingerprint density at radius 1 is 1.09 bits per heavy atom. The van der Waals surface area contributed by atoms with Crippen molar-refractivity contribution in [2.45, 2.75) is 38.6 Å². The second kappa shape index (κ2) is 2.78. The van der Waals surface area contributed by atoms with Crippen LogP contribution in [0.15, 0.2) is 0 Å². The zero-order chi connectivity index (χ0) is 7.84. The van der Waals surface area contributed by atoms with E-state index in [4.69, 9.17) is 0 Å². The van der Waals surface area contributed by atoms with E-state index in [0.717, 1.165) is 17.9 Å². The summed E-state index contributed by atoms with van der Waals surface area (Å²) >= 11 is 0. The van der Waals surface area contributed by atoms with Gasteiger partial charge in [0.15, 0.2) is 0 Å². The fourth-order valence-corrected chi connectivity index (χ4v) is 2.86. The Labute approximate surface area is 69.8 Å². The summed E-state index contributed by atoms with van der Waals surface area (Å²) in [4.78, 5) is 2.58. The number of fused-ring (bicyclic) bond motifs is 4. The van der Waals surface area contributed by atoms with Gasteiger partial charge in [0, 0.05) is 12.6 Å². The molecule has 3 aliphatic rings. The Morgan fingerprint density at radius 3 is 2.36 bits per heavy atom. The number of hydrogen-bond donors (Lipinski definition) is 0. The fourth-order valence-electron chi connectivity index (χ4n) is 2.86. The van der Waals surface area contributed by atoms with Crippen LogP contribution in [0.5, 0.6) is 0 Å². The highest BCUT2D eigenvalue weighted by Crippen LogP contribution is 2.36. The standard InChI is InChI=1S/C10H19N/c1-8-7-11(2)10-5-3-9(8)4-6-10/h8-10H,3-7H2,1-2H3. The molecule has 1 heteroatoms. The lowest BCUT2D eigenvalue weighted by atomic mass is 9.82. The van der Waals surface area contributed by atoms with Crippen LogP contribution in [0.4, 0.5) is 0 Å². The molecule has 3 rings (SSSR count). The average Bonchev–Trinajstić information content (AvgIpc) is 2.22. The van der Waals surface area contributed by atoms with Crippen molar-refractivity contribution in [3.63, 3.8) is 0 Å². The van der Waals surface area contributed by atoms with Gasteiger partial charge >= 0.3 is 0 Å².